The van der Waals surface area contributed by atoms with Crippen LogP contribution in [-0.4, -0.2) is 85.2 Å². The number of ether oxygens (including phenoxy) is 3. The van der Waals surface area contributed by atoms with E-state index in [2.05, 4.69) is 30.4 Å². The van der Waals surface area contributed by atoms with Crippen LogP contribution >= 0.6 is 7.67 Å². The molecule has 0 aromatic carbocycles. The third kappa shape index (κ3) is 9.43. The first kappa shape index (κ1) is 39.3. The van der Waals surface area contributed by atoms with Crippen LogP contribution in [0.1, 0.15) is 93.2 Å². The van der Waals surface area contributed by atoms with Crippen LogP contribution in [0, 0.1) is 11.8 Å². The summed E-state index contributed by atoms with van der Waals surface area (Å²) in [7, 11) is -4.34. The highest BCUT2D eigenvalue weighted by atomic mass is 31.2. The van der Waals surface area contributed by atoms with Gasteiger partial charge in [0.15, 0.2) is 34.1 Å². The van der Waals surface area contributed by atoms with Gasteiger partial charge in [0.25, 0.3) is 0 Å². The number of hydrogen-bond acceptors (Lipinski definition) is 14. The van der Waals surface area contributed by atoms with E-state index in [9.17, 15) is 24.4 Å². The van der Waals surface area contributed by atoms with Crippen molar-refractivity contribution in [2.75, 3.05) is 30.9 Å². The predicted molar refractivity (Wildman–Crippen MR) is 186 cm³/mol. The summed E-state index contributed by atoms with van der Waals surface area (Å²) >= 11 is 0. The number of aromatic nitrogens is 4. The third-order valence-corrected chi connectivity index (χ3v) is 10.2. The molecule has 1 aliphatic carbocycles. The van der Waals surface area contributed by atoms with Gasteiger partial charge in [0.1, 0.15) is 25.0 Å². The number of hydrogen-bond donors (Lipinski definition) is 6. The summed E-state index contributed by atoms with van der Waals surface area (Å²) in [4.78, 5) is 39.1. The minimum atomic E-state index is -4.34. The molecule has 3 heterocycles. The smallest absolute Gasteiger partial charge is 0.342 e. The lowest BCUT2D eigenvalue weighted by atomic mass is 10.0. The van der Waals surface area contributed by atoms with Crippen molar-refractivity contribution in [3.8, 4) is 0 Å². The molecular weight excluding hydrogens is 671 g/mol. The van der Waals surface area contributed by atoms with Gasteiger partial charge in [0, 0.05) is 6.04 Å². The summed E-state index contributed by atoms with van der Waals surface area (Å²) in [5, 5.41) is 31.7. The van der Waals surface area contributed by atoms with E-state index in [1.54, 1.807) is 13.8 Å². The average molecular weight is 725 g/mol. The van der Waals surface area contributed by atoms with Crippen LogP contribution in [0.15, 0.2) is 17.8 Å². The second-order valence-corrected chi connectivity index (χ2v) is 15.6. The van der Waals surface area contributed by atoms with Crippen molar-refractivity contribution < 1.29 is 43.1 Å². The maximum Gasteiger partial charge on any atom is 0.342 e. The van der Waals surface area contributed by atoms with Gasteiger partial charge in [0.05, 0.1) is 13.2 Å². The van der Waals surface area contributed by atoms with Crippen molar-refractivity contribution >= 4 is 42.5 Å². The molecule has 1 fully saturated rings. The van der Waals surface area contributed by atoms with E-state index in [1.807, 2.05) is 27.7 Å². The molecular formula is C32H53N8O9P. The Morgan fingerprint density at radius 3 is 2.14 bits per heavy atom. The topological polar surface area (TPSA) is 234 Å². The number of nitrogen functional groups attached to an aromatic ring is 1. The SMILES string of the molecule is CCOC(=O)[C@H](CC(C)C)NP(=O)(N[C@@H](CC(C)C)C(=O)OCC)OCC1=C(O)C(C)(O)[C@H](n2cnc3c(NC4CCCC4)nc(N)nc32)O1. The van der Waals surface area contributed by atoms with Crippen LogP contribution in [0.25, 0.3) is 11.2 Å². The Labute approximate surface area is 292 Å². The summed E-state index contributed by atoms with van der Waals surface area (Å²) in [6.45, 7) is 11.7. The summed E-state index contributed by atoms with van der Waals surface area (Å²) in [6, 6.07) is -1.94. The summed E-state index contributed by atoms with van der Waals surface area (Å²) in [5.41, 5.74) is 4.70. The molecule has 0 amide bonds. The average Bonchev–Trinajstić information content (AvgIpc) is 3.74. The Bertz CT molecular complexity index is 1540. The van der Waals surface area contributed by atoms with Crippen molar-refractivity contribution in [2.24, 2.45) is 11.8 Å². The monoisotopic (exact) mass is 724 g/mol. The molecule has 17 nitrogen and oxygen atoms in total. The Hall–Kier alpha value is -3.50. The molecule has 280 valence electrons. The number of nitrogens with two attached hydrogens (primary N) is 1. The molecule has 0 radical (unpaired) electrons. The zero-order chi connectivity index (χ0) is 36.8. The Kier molecular flexibility index (Phi) is 13.1. The van der Waals surface area contributed by atoms with Crippen LogP contribution in [0.2, 0.25) is 0 Å². The van der Waals surface area contributed by atoms with E-state index < -0.39 is 55.9 Å². The number of carbonyl (C=O) groups excluding carboxylic acids is 2. The van der Waals surface area contributed by atoms with E-state index in [0.29, 0.717) is 11.3 Å². The van der Waals surface area contributed by atoms with Crippen molar-refractivity contribution in [3.05, 3.63) is 17.8 Å². The molecule has 2 aromatic heterocycles. The fourth-order valence-electron chi connectivity index (χ4n) is 6.11. The first-order valence-electron chi connectivity index (χ1n) is 17.3. The first-order valence-corrected chi connectivity index (χ1v) is 18.9. The molecule has 50 heavy (non-hydrogen) atoms. The number of fused-ring (bicyclic) bond motifs is 1. The molecule has 7 N–H and O–H groups in total. The van der Waals surface area contributed by atoms with Gasteiger partial charge in [-0.15, -0.1) is 0 Å². The second-order valence-electron chi connectivity index (χ2n) is 13.7. The van der Waals surface area contributed by atoms with Gasteiger partial charge in [-0.05, 0) is 58.3 Å². The fourth-order valence-corrected chi connectivity index (χ4v) is 7.87. The van der Waals surface area contributed by atoms with Crippen LogP contribution in [0.4, 0.5) is 11.8 Å². The van der Waals surface area contributed by atoms with Gasteiger partial charge in [-0.2, -0.15) is 9.97 Å². The molecule has 0 saturated heterocycles. The highest BCUT2D eigenvalue weighted by Gasteiger charge is 2.49. The molecule has 0 bridgehead atoms. The van der Waals surface area contributed by atoms with Crippen molar-refractivity contribution in [1.29, 1.82) is 0 Å². The lowest BCUT2D eigenvalue weighted by Gasteiger charge is -2.29. The summed E-state index contributed by atoms with van der Waals surface area (Å²) in [5.74, 6) is -1.74. The molecule has 18 heteroatoms. The number of aliphatic hydroxyl groups is 2. The third-order valence-electron chi connectivity index (χ3n) is 8.45. The van der Waals surface area contributed by atoms with Gasteiger partial charge >= 0.3 is 19.6 Å². The van der Waals surface area contributed by atoms with E-state index >= 15 is 0 Å². The molecule has 2 aromatic rings. The van der Waals surface area contributed by atoms with E-state index in [-0.39, 0.29) is 61.3 Å². The molecule has 2 aliphatic rings. The normalized spacial score (nSPS) is 21.2. The number of esters is 2. The minimum Gasteiger partial charge on any atom is -0.506 e. The molecule has 4 rings (SSSR count). The van der Waals surface area contributed by atoms with E-state index in [4.69, 9.17) is 24.5 Å². The van der Waals surface area contributed by atoms with Crippen molar-refractivity contribution in [2.45, 2.75) is 117 Å². The van der Waals surface area contributed by atoms with Crippen molar-refractivity contribution in [3.63, 3.8) is 0 Å². The largest absolute Gasteiger partial charge is 0.506 e. The highest BCUT2D eigenvalue weighted by molar-refractivity contribution is 7.54. The number of imidazole rings is 1. The fraction of sp³-hybridized carbons (Fsp3) is 0.719. The summed E-state index contributed by atoms with van der Waals surface area (Å²) < 4.78 is 38.5. The standard InChI is InChI=1S/C32H53N8O9P/c1-8-46-28(42)21(14-18(3)4)38-50(45,39-22(15-19(5)6)29(43)47-9-2)48-16-23-25(41)32(7,44)30(49-23)40-17-34-24-26(35-20-12-10-11-13-20)36-31(33)37-27(24)40/h17-22,30,41,44H,8-16H2,1-7H3,(H2,38,39,45)(H3,33,35,36,37)/t21-,22-,30+,32?/m0/s1. The number of carbonyl (C=O) groups is 2. The van der Waals surface area contributed by atoms with Gasteiger partial charge in [-0.25, -0.2) is 15.2 Å². The van der Waals surface area contributed by atoms with Crippen LogP contribution in [-0.2, 0) is 32.9 Å². The number of aliphatic hydroxyl groups excluding tert-OH is 1. The van der Waals surface area contributed by atoms with Crippen molar-refractivity contribution in [1.82, 2.24) is 29.7 Å². The quantitative estimate of drug-likeness (QED) is 0.0939. The molecule has 1 saturated carbocycles. The highest BCUT2D eigenvalue weighted by Crippen LogP contribution is 2.46. The molecule has 0 spiro atoms. The predicted octanol–water partition coefficient (Wildman–Crippen LogP) is 4.07. The number of nitrogens with zero attached hydrogens (tertiary/aromatic N) is 4. The zero-order valence-electron chi connectivity index (χ0n) is 30.0. The first-order chi connectivity index (χ1) is 23.6. The summed E-state index contributed by atoms with van der Waals surface area (Å²) in [6.07, 6.45) is 4.75. The minimum absolute atomic E-state index is 0.0145. The number of rotatable bonds is 18. The molecule has 4 atom stereocenters. The maximum absolute atomic E-state index is 14.6. The molecule has 1 unspecified atom stereocenters. The Morgan fingerprint density at radius 1 is 1.06 bits per heavy atom. The lowest BCUT2D eigenvalue weighted by Crippen LogP contribution is -2.45. The number of nitrogens with one attached hydrogen (secondary N) is 3. The van der Waals surface area contributed by atoms with Gasteiger partial charge in [-0.3, -0.25) is 23.2 Å². The molecule has 1 aliphatic heterocycles. The van der Waals surface area contributed by atoms with Crippen LogP contribution in [0.3, 0.4) is 0 Å². The van der Waals surface area contributed by atoms with Crippen LogP contribution in [0.5, 0.6) is 0 Å². The lowest BCUT2D eigenvalue weighted by molar-refractivity contribution is -0.146. The maximum atomic E-state index is 14.6. The van der Waals surface area contributed by atoms with Gasteiger partial charge < -0.3 is 35.5 Å². The van der Waals surface area contributed by atoms with E-state index in [1.165, 1.54) is 17.8 Å². The Morgan fingerprint density at radius 2 is 1.62 bits per heavy atom. The van der Waals surface area contributed by atoms with E-state index in [0.717, 1.165) is 25.7 Å². The van der Waals surface area contributed by atoms with Crippen LogP contribution < -0.4 is 21.2 Å². The van der Waals surface area contributed by atoms with Gasteiger partial charge in [-0.1, -0.05) is 40.5 Å². The second kappa shape index (κ2) is 16.7. The van der Waals surface area contributed by atoms with Gasteiger partial charge in [0.2, 0.25) is 12.2 Å². The Balaban J connectivity index is 1.63. The number of anilines is 2. The zero-order valence-corrected chi connectivity index (χ0v) is 30.9.